The number of fused-ring (bicyclic) bond motifs is 1. The van der Waals surface area contributed by atoms with Crippen LogP contribution in [0.15, 0.2) is 18.2 Å². The van der Waals surface area contributed by atoms with Crippen LogP contribution >= 0.6 is 0 Å². The zero-order valence-corrected chi connectivity index (χ0v) is 14.0. The molecule has 2 amide bonds. The van der Waals surface area contributed by atoms with Crippen LogP contribution in [0.3, 0.4) is 0 Å². The Balaban J connectivity index is 1.58. The van der Waals surface area contributed by atoms with Crippen LogP contribution in [0.5, 0.6) is 0 Å². The molecule has 23 heavy (non-hydrogen) atoms. The van der Waals surface area contributed by atoms with E-state index >= 15 is 0 Å². The van der Waals surface area contributed by atoms with Crippen LogP contribution in [0.4, 0.5) is 5.69 Å². The fraction of sp³-hybridized carbons (Fsp3) is 0.556. The molecule has 1 aromatic carbocycles. The van der Waals surface area contributed by atoms with E-state index in [1.807, 2.05) is 6.92 Å². The summed E-state index contributed by atoms with van der Waals surface area (Å²) in [5, 5.41) is 2.99. The highest BCUT2D eigenvalue weighted by atomic mass is 16.2. The normalized spacial score (nSPS) is 20.6. The van der Waals surface area contributed by atoms with Gasteiger partial charge < -0.3 is 15.1 Å². The van der Waals surface area contributed by atoms with Gasteiger partial charge in [0.15, 0.2) is 0 Å². The third kappa shape index (κ3) is 3.33. The van der Waals surface area contributed by atoms with Gasteiger partial charge in [-0.25, -0.2) is 0 Å². The van der Waals surface area contributed by atoms with Crippen LogP contribution in [0.2, 0.25) is 0 Å². The maximum Gasteiger partial charge on any atom is 0.225 e. The van der Waals surface area contributed by atoms with Gasteiger partial charge in [-0.2, -0.15) is 0 Å². The number of rotatable bonds is 4. The standard InChI is InChI=1S/C18H25N3O2/c1-3-21-12-15(10-17(21)22)18(23)19-11-13-6-7-16-14(9-13)5-4-8-20(16)2/h6-7,9,15H,3-5,8,10-12H2,1-2H3,(H,19,23)/t15-/m1/s1. The molecule has 1 N–H and O–H groups in total. The van der Waals surface area contributed by atoms with Crippen molar-refractivity contribution < 1.29 is 9.59 Å². The summed E-state index contributed by atoms with van der Waals surface area (Å²) in [7, 11) is 2.12. The molecule has 1 aromatic rings. The van der Waals surface area contributed by atoms with Gasteiger partial charge in [0.2, 0.25) is 11.8 Å². The Morgan fingerprint density at radius 3 is 2.96 bits per heavy atom. The number of hydrogen-bond acceptors (Lipinski definition) is 3. The summed E-state index contributed by atoms with van der Waals surface area (Å²) in [6.07, 6.45) is 2.62. The van der Waals surface area contributed by atoms with Gasteiger partial charge >= 0.3 is 0 Å². The molecule has 0 bridgehead atoms. The Bertz CT molecular complexity index is 614. The van der Waals surface area contributed by atoms with Crippen LogP contribution in [0, 0.1) is 5.92 Å². The second-order valence-corrected chi connectivity index (χ2v) is 6.54. The molecule has 0 saturated carbocycles. The largest absolute Gasteiger partial charge is 0.374 e. The Morgan fingerprint density at radius 2 is 2.22 bits per heavy atom. The molecule has 1 atom stereocenters. The zero-order chi connectivity index (χ0) is 16.4. The minimum absolute atomic E-state index is 0.0101. The van der Waals surface area contributed by atoms with Crippen molar-refractivity contribution >= 4 is 17.5 Å². The molecule has 124 valence electrons. The lowest BCUT2D eigenvalue weighted by Crippen LogP contribution is -2.32. The van der Waals surface area contributed by atoms with Crippen LogP contribution in [-0.2, 0) is 22.6 Å². The number of carbonyl (C=O) groups is 2. The summed E-state index contributed by atoms with van der Waals surface area (Å²) in [5.41, 5.74) is 3.79. The van der Waals surface area contributed by atoms with Gasteiger partial charge in [-0.05, 0) is 37.0 Å². The topological polar surface area (TPSA) is 52.7 Å². The average molecular weight is 315 g/mol. The van der Waals surface area contributed by atoms with Crippen molar-refractivity contribution in [1.82, 2.24) is 10.2 Å². The van der Waals surface area contributed by atoms with Gasteiger partial charge in [0.05, 0.1) is 5.92 Å². The third-order valence-corrected chi connectivity index (χ3v) is 4.93. The second kappa shape index (κ2) is 6.60. The maximum absolute atomic E-state index is 12.3. The number of anilines is 1. The number of carbonyl (C=O) groups excluding carboxylic acids is 2. The molecule has 1 fully saturated rings. The molecule has 0 spiro atoms. The van der Waals surface area contributed by atoms with E-state index in [0.717, 1.165) is 18.5 Å². The Labute approximate surface area is 137 Å². The molecular weight excluding hydrogens is 290 g/mol. The van der Waals surface area contributed by atoms with Crippen molar-refractivity contribution in [3.8, 4) is 0 Å². The summed E-state index contributed by atoms with van der Waals surface area (Å²) in [6.45, 7) is 4.82. The van der Waals surface area contributed by atoms with Crippen LogP contribution in [0.1, 0.15) is 30.9 Å². The molecule has 5 nitrogen and oxygen atoms in total. The number of hydrogen-bond donors (Lipinski definition) is 1. The second-order valence-electron chi connectivity index (χ2n) is 6.54. The molecule has 0 unspecified atom stereocenters. The molecule has 0 aromatic heterocycles. The van der Waals surface area contributed by atoms with E-state index in [-0.39, 0.29) is 17.7 Å². The van der Waals surface area contributed by atoms with Crippen molar-refractivity contribution in [2.75, 3.05) is 31.6 Å². The molecule has 2 aliphatic heterocycles. The van der Waals surface area contributed by atoms with Crippen molar-refractivity contribution in [1.29, 1.82) is 0 Å². The number of likely N-dealkylation sites (tertiary alicyclic amines) is 1. The summed E-state index contributed by atoms with van der Waals surface area (Å²) >= 11 is 0. The average Bonchev–Trinajstić information content (AvgIpc) is 2.94. The van der Waals surface area contributed by atoms with Gasteiger partial charge in [0.1, 0.15) is 0 Å². The summed E-state index contributed by atoms with van der Waals surface area (Å²) in [5.74, 6) is -0.125. The van der Waals surface area contributed by atoms with Crippen molar-refractivity contribution in [3.63, 3.8) is 0 Å². The van der Waals surface area contributed by atoms with Gasteiger partial charge in [-0.1, -0.05) is 12.1 Å². The predicted octanol–water partition coefficient (Wildman–Crippen LogP) is 1.55. The number of nitrogens with one attached hydrogen (secondary N) is 1. The van der Waals surface area contributed by atoms with Gasteiger partial charge in [-0.3, -0.25) is 9.59 Å². The lowest BCUT2D eigenvalue weighted by molar-refractivity contribution is -0.128. The quantitative estimate of drug-likeness (QED) is 0.917. The highest BCUT2D eigenvalue weighted by molar-refractivity contribution is 5.89. The smallest absolute Gasteiger partial charge is 0.225 e. The van der Waals surface area contributed by atoms with Gasteiger partial charge in [-0.15, -0.1) is 0 Å². The number of aryl methyl sites for hydroxylation is 1. The Morgan fingerprint density at radius 1 is 1.39 bits per heavy atom. The van der Waals surface area contributed by atoms with E-state index < -0.39 is 0 Å². The van der Waals surface area contributed by atoms with Crippen LogP contribution < -0.4 is 10.2 Å². The first-order valence-corrected chi connectivity index (χ1v) is 8.47. The van der Waals surface area contributed by atoms with Crippen molar-refractivity contribution in [2.45, 2.75) is 32.7 Å². The molecule has 1 saturated heterocycles. The molecule has 5 heteroatoms. The Hall–Kier alpha value is -2.04. The monoisotopic (exact) mass is 315 g/mol. The fourth-order valence-electron chi connectivity index (χ4n) is 3.54. The lowest BCUT2D eigenvalue weighted by Gasteiger charge is -2.27. The summed E-state index contributed by atoms with van der Waals surface area (Å²) in [6, 6.07) is 6.43. The van der Waals surface area contributed by atoms with E-state index in [1.54, 1.807) is 4.90 Å². The summed E-state index contributed by atoms with van der Waals surface area (Å²) < 4.78 is 0. The first kappa shape index (κ1) is 15.8. The minimum atomic E-state index is -0.203. The van der Waals surface area contributed by atoms with E-state index in [2.05, 4.69) is 35.5 Å². The van der Waals surface area contributed by atoms with Crippen LogP contribution in [-0.4, -0.2) is 43.4 Å². The maximum atomic E-state index is 12.3. The van der Waals surface area contributed by atoms with E-state index in [1.165, 1.54) is 17.7 Å². The Kier molecular flexibility index (Phi) is 4.55. The molecular formula is C18H25N3O2. The first-order chi connectivity index (χ1) is 11.1. The third-order valence-electron chi connectivity index (χ3n) is 4.93. The van der Waals surface area contributed by atoms with Crippen molar-refractivity contribution in [2.24, 2.45) is 5.92 Å². The van der Waals surface area contributed by atoms with Crippen LogP contribution in [0.25, 0.3) is 0 Å². The van der Waals surface area contributed by atoms with Gasteiger partial charge in [0, 0.05) is 45.3 Å². The molecule has 0 aliphatic carbocycles. The fourth-order valence-corrected chi connectivity index (χ4v) is 3.54. The predicted molar refractivity (Wildman–Crippen MR) is 90.2 cm³/mol. The van der Waals surface area contributed by atoms with E-state index in [9.17, 15) is 9.59 Å². The summed E-state index contributed by atoms with van der Waals surface area (Å²) in [4.78, 5) is 28.0. The lowest BCUT2D eigenvalue weighted by atomic mass is 9.99. The highest BCUT2D eigenvalue weighted by Crippen LogP contribution is 2.26. The zero-order valence-electron chi connectivity index (χ0n) is 14.0. The van der Waals surface area contributed by atoms with E-state index in [4.69, 9.17) is 0 Å². The number of benzene rings is 1. The first-order valence-electron chi connectivity index (χ1n) is 8.47. The molecule has 3 rings (SSSR count). The molecule has 0 radical (unpaired) electrons. The van der Waals surface area contributed by atoms with Crippen molar-refractivity contribution in [3.05, 3.63) is 29.3 Å². The molecule has 2 heterocycles. The number of nitrogens with zero attached hydrogens (tertiary/aromatic N) is 2. The molecule has 2 aliphatic rings. The van der Waals surface area contributed by atoms with E-state index in [0.29, 0.717) is 26.1 Å². The minimum Gasteiger partial charge on any atom is -0.374 e. The SMILES string of the molecule is CCN1C[C@H](C(=O)NCc2ccc3c(c2)CCCN3C)CC1=O. The number of amides is 2. The highest BCUT2D eigenvalue weighted by Gasteiger charge is 2.33. The van der Waals surface area contributed by atoms with Gasteiger partial charge in [0.25, 0.3) is 0 Å².